The van der Waals surface area contributed by atoms with Gasteiger partial charge in [-0.25, -0.2) is 41.8 Å². The Bertz CT molecular complexity index is 4560. The van der Waals surface area contributed by atoms with Crippen molar-refractivity contribution in [3.8, 4) is 0 Å². The van der Waals surface area contributed by atoms with E-state index in [1.165, 1.54) is 55.8 Å². The lowest BCUT2D eigenvalue weighted by atomic mass is 9.44. The van der Waals surface area contributed by atoms with Gasteiger partial charge in [-0.05, 0) is 116 Å². The van der Waals surface area contributed by atoms with Crippen molar-refractivity contribution in [3.05, 3.63) is 11.9 Å². The van der Waals surface area contributed by atoms with Crippen molar-refractivity contribution in [2.75, 3.05) is 26.4 Å². The van der Waals surface area contributed by atoms with Gasteiger partial charge in [0, 0.05) is 6.54 Å². The van der Waals surface area contributed by atoms with E-state index in [4.69, 9.17) is 33.2 Å². The lowest BCUT2D eigenvalue weighted by Crippen LogP contribution is -2.69. The predicted octanol–water partition coefficient (Wildman–Crippen LogP) is -0.589. The zero-order chi connectivity index (χ0) is 83.0. The molecule has 1 aromatic heterocycles. The highest BCUT2D eigenvalue weighted by Gasteiger charge is 2.64. The van der Waals surface area contributed by atoms with Gasteiger partial charge in [0.2, 0.25) is 0 Å². The molecule has 0 bridgehead atoms. The van der Waals surface area contributed by atoms with Crippen molar-refractivity contribution < 1.29 is 205 Å². The third kappa shape index (κ3) is 27.8. The standard InChI is InChI=1S/C51H87N3O47S10/c1-26(2)8-6-9-27(3)32-12-13-33-31-11-10-28-20-30(14-16-50(28,4)34(31)15-17-51(32,33)5)86-22-29-21-54(53-52-29)18-7-19-85-47-44(42(98-108(73,74)75)39(96-106(67,68)69)36(90-47)24-88-103(58,59)60)94-48-45(100-110(79,80)81)41(38(95-105(64,65)66)35(91-48)23-87-102(55,56)57)93-49-46(101-111(82,83)84)43(99-109(76,77)78)40(97-107(70,71)72)37(92-49)25-89-104(61,62)63/h21,26-28,30-49H,6-20,22-25H2,1-5H3,(H,55,56,57)(H,58,59,60)(H,61,62,63)(H,64,65,66)(H,67,68,69)(H,70,71,72)(H,73,74,75)(H,76,77,78)(H,79,80,81)(H,82,83,84)/t27-,28+,30+,31+,32-,33+,34+,35-,36-,37-,38-,39-,40-,41+,42+,43+,44+,45+,46+,47+,48-,49-,50+,51-/m1/s1. The summed E-state index contributed by atoms with van der Waals surface area (Å²) in [6.07, 6.45) is -35.6. The van der Waals surface area contributed by atoms with E-state index in [1.54, 1.807) is 0 Å². The molecule has 4 aliphatic carbocycles. The Kier molecular flexibility index (Phi) is 30.7. The highest BCUT2D eigenvalue weighted by molar-refractivity contribution is 7.83. The number of hydrogen-bond donors (Lipinski definition) is 10. The van der Waals surface area contributed by atoms with Crippen LogP contribution in [0.25, 0.3) is 0 Å². The molecular weight excluding hydrogens is 1730 g/mol. The Morgan fingerprint density at radius 3 is 1.33 bits per heavy atom. The number of rotatable bonds is 40. The van der Waals surface area contributed by atoms with Gasteiger partial charge in [0.1, 0.15) is 66.7 Å². The Labute approximate surface area is 639 Å². The normalized spacial score (nSPS) is 35.4. The first-order chi connectivity index (χ1) is 50.6. The molecule has 8 rings (SSSR count). The minimum absolute atomic E-state index is 0.0186. The van der Waals surface area contributed by atoms with Gasteiger partial charge >= 0.3 is 104 Å². The molecule has 7 aliphatic rings. The van der Waals surface area contributed by atoms with E-state index >= 15 is 0 Å². The molecule has 0 amide bonds. The van der Waals surface area contributed by atoms with Crippen molar-refractivity contribution in [2.45, 2.75) is 229 Å². The molecular formula is C51H87N3O47S10. The molecule has 1 aromatic rings. The van der Waals surface area contributed by atoms with Gasteiger partial charge in [0.25, 0.3) is 0 Å². The summed E-state index contributed by atoms with van der Waals surface area (Å²) in [7, 11) is -62.3. The van der Waals surface area contributed by atoms with E-state index in [0.29, 0.717) is 52.5 Å². The Balaban J connectivity index is 1.11. The Morgan fingerprint density at radius 2 is 0.865 bits per heavy atom. The summed E-state index contributed by atoms with van der Waals surface area (Å²) in [5.74, 6) is 4.36. The quantitative estimate of drug-likeness (QED) is 0.0290. The first-order valence-electron chi connectivity index (χ1n) is 33.5. The fourth-order valence-corrected chi connectivity index (χ4v) is 21.2. The maximum Gasteiger partial charge on any atom is 0.397 e. The zero-order valence-electron chi connectivity index (χ0n) is 58.8. The average molecular weight is 1810 g/mol. The minimum atomic E-state index is -6.56. The van der Waals surface area contributed by atoms with Gasteiger partial charge in [0.05, 0.1) is 45.3 Å². The van der Waals surface area contributed by atoms with Crippen LogP contribution in [0.3, 0.4) is 0 Å². The van der Waals surface area contributed by atoms with E-state index < -0.39 is 223 Å². The topological polar surface area (TPSA) is 731 Å². The fraction of sp³-hybridized carbons (Fsp3) is 0.961. The van der Waals surface area contributed by atoms with Crippen molar-refractivity contribution in [1.29, 1.82) is 0 Å². The number of aromatic nitrogens is 3. The van der Waals surface area contributed by atoms with Gasteiger partial charge in [-0.15, -0.1) is 5.10 Å². The minimum Gasteiger partial charge on any atom is -0.372 e. The second-order valence-electron chi connectivity index (χ2n) is 28.5. The SMILES string of the molecule is CC(C)CCC[C@@H](C)[C@H]1CC[C@H]2[C@@H]3CC[C@H]4C[C@@H](OCc5cn(CCCO[C@H]6O[C@H](COS(=O)(=O)O)[C@@H](OS(=O)(=O)O)[C@H](OS(=O)(=O)O)[C@@H]6O[C@H]6O[C@H](COS(=O)(=O)O)[C@@H](OS(=O)(=O)O)[C@H](O[C@H]7O[C@H](COS(=O)(=O)O)[C@@H](OS(=O)(=O)O)[C@H](OS(=O)(=O)O)[C@@H]7OS(=O)(=O)O)[C@@H]6OS(=O)(=O)O)nn5)CC[C@]4(C)[C@H]3CC[C@]12C. The van der Waals surface area contributed by atoms with E-state index in [-0.39, 0.29) is 31.1 Å². The first kappa shape index (κ1) is 94.0. The van der Waals surface area contributed by atoms with E-state index in [2.05, 4.69) is 86.8 Å². The lowest BCUT2D eigenvalue weighted by Gasteiger charge is -2.61. The van der Waals surface area contributed by atoms with Crippen LogP contribution < -0.4 is 0 Å². The van der Waals surface area contributed by atoms with Crippen LogP contribution in [-0.2, 0) is 192 Å². The molecule has 0 unspecified atom stereocenters. The van der Waals surface area contributed by atoms with Crippen LogP contribution in [-0.4, -0.2) is 269 Å². The molecule has 10 N–H and O–H groups in total. The number of aryl methyl sites for hydroxylation is 1. The van der Waals surface area contributed by atoms with Gasteiger partial charge in [-0.3, -0.25) is 50.2 Å². The average Bonchev–Trinajstić information content (AvgIpc) is 1.67. The first-order valence-corrected chi connectivity index (χ1v) is 47.1. The highest BCUT2D eigenvalue weighted by atomic mass is 32.3. The summed E-state index contributed by atoms with van der Waals surface area (Å²) in [5.41, 5.74) is 0.753. The number of fused-ring (bicyclic) bond motifs is 5. The van der Waals surface area contributed by atoms with Crippen LogP contribution in [0, 0.1) is 52.3 Å². The van der Waals surface area contributed by atoms with Crippen LogP contribution in [0.15, 0.2) is 6.20 Å². The second kappa shape index (κ2) is 36.2. The molecule has 0 spiro atoms. The van der Waals surface area contributed by atoms with Crippen LogP contribution in [0.4, 0.5) is 0 Å². The smallest absolute Gasteiger partial charge is 0.372 e. The van der Waals surface area contributed by atoms with Crippen molar-refractivity contribution in [2.24, 2.45) is 52.3 Å². The fourth-order valence-electron chi connectivity index (χ4n) is 16.8. The molecule has 3 aliphatic heterocycles. The highest BCUT2D eigenvalue weighted by Crippen LogP contribution is 2.68. The van der Waals surface area contributed by atoms with Gasteiger partial charge < -0.3 is 33.2 Å². The molecule has 4 saturated carbocycles. The number of ether oxygens (including phenoxy) is 7. The molecule has 4 heterocycles. The summed E-state index contributed by atoms with van der Waals surface area (Å²) in [6.45, 7) is 4.79. The Hall–Kier alpha value is -2.44. The summed E-state index contributed by atoms with van der Waals surface area (Å²) < 4.78 is 432. The maximum absolute atomic E-state index is 13.0. The molecule has 111 heavy (non-hydrogen) atoms. The van der Waals surface area contributed by atoms with Gasteiger partial charge in [-0.2, -0.15) is 84.2 Å². The summed E-state index contributed by atoms with van der Waals surface area (Å²) in [5, 5.41) is 8.26. The number of nitrogens with zero attached hydrogens (tertiary/aromatic N) is 3. The molecule has 60 heteroatoms. The molecule has 7 fully saturated rings. The predicted molar refractivity (Wildman–Crippen MR) is 355 cm³/mol. The lowest BCUT2D eigenvalue weighted by molar-refractivity contribution is -0.376. The molecule has 3 saturated heterocycles. The molecule has 50 nitrogen and oxygen atoms in total. The molecule has 648 valence electrons. The van der Waals surface area contributed by atoms with E-state index in [9.17, 15) is 130 Å². The summed E-state index contributed by atoms with van der Waals surface area (Å²) >= 11 is 0. The summed E-state index contributed by atoms with van der Waals surface area (Å²) in [4.78, 5) is 0. The molecule has 24 atom stereocenters. The molecule has 0 radical (unpaired) electrons. The third-order valence-corrected chi connectivity index (χ3v) is 25.4. The van der Waals surface area contributed by atoms with E-state index in [0.717, 1.165) is 32.1 Å². The van der Waals surface area contributed by atoms with Crippen LogP contribution >= 0.6 is 0 Å². The third-order valence-electron chi connectivity index (χ3n) is 20.8. The van der Waals surface area contributed by atoms with E-state index in [1.807, 2.05) is 0 Å². The van der Waals surface area contributed by atoms with Gasteiger partial charge in [0.15, 0.2) is 31.1 Å². The maximum atomic E-state index is 13.0. The molecule has 0 aromatic carbocycles. The summed E-state index contributed by atoms with van der Waals surface area (Å²) in [6, 6.07) is 0. The van der Waals surface area contributed by atoms with Crippen molar-refractivity contribution in [3.63, 3.8) is 0 Å². The van der Waals surface area contributed by atoms with Crippen molar-refractivity contribution in [1.82, 2.24) is 15.0 Å². The van der Waals surface area contributed by atoms with Crippen molar-refractivity contribution >= 4 is 104 Å². The van der Waals surface area contributed by atoms with Gasteiger partial charge in [-0.1, -0.05) is 59.1 Å². The monoisotopic (exact) mass is 1810 g/mol. The second-order valence-corrected chi connectivity index (χ2v) is 39.1. The van der Waals surface area contributed by atoms with Crippen LogP contribution in [0.1, 0.15) is 124 Å². The van der Waals surface area contributed by atoms with Crippen LogP contribution in [0.5, 0.6) is 0 Å². The van der Waals surface area contributed by atoms with Crippen LogP contribution in [0.2, 0.25) is 0 Å². The Morgan fingerprint density at radius 1 is 0.450 bits per heavy atom. The number of hydrogen-bond acceptors (Lipinski definition) is 39. The zero-order valence-corrected chi connectivity index (χ0v) is 67.0. The largest absolute Gasteiger partial charge is 0.397 e.